The average molecular weight is 417 g/mol. The third-order valence-corrected chi connectivity index (χ3v) is 4.97. The van der Waals surface area contributed by atoms with Crippen molar-refractivity contribution in [2.45, 2.75) is 32.0 Å². The Labute approximate surface area is 172 Å². The van der Waals surface area contributed by atoms with Crippen molar-refractivity contribution in [2.24, 2.45) is 5.92 Å². The first-order valence-corrected chi connectivity index (χ1v) is 9.40. The SMILES string of the molecule is C=C1NC(=O)N[C@@H](c2ccc(C(C)C)cc2)[C@H]1C(=O)Nc1cccc(C(F)(F)F)c1. The molecule has 0 spiro atoms. The number of carbonyl (C=O) groups excluding carboxylic acids is 2. The highest BCUT2D eigenvalue weighted by Crippen LogP contribution is 2.33. The lowest BCUT2D eigenvalue weighted by Crippen LogP contribution is -2.51. The van der Waals surface area contributed by atoms with Crippen LogP contribution in [-0.2, 0) is 11.0 Å². The maximum Gasteiger partial charge on any atom is 0.416 e. The second-order valence-electron chi connectivity index (χ2n) is 7.47. The first kappa shape index (κ1) is 21.4. The Morgan fingerprint density at radius 3 is 2.40 bits per heavy atom. The van der Waals surface area contributed by atoms with Gasteiger partial charge in [0.25, 0.3) is 0 Å². The van der Waals surface area contributed by atoms with Crippen molar-refractivity contribution in [2.75, 3.05) is 5.32 Å². The third-order valence-electron chi connectivity index (χ3n) is 4.97. The molecule has 1 aliphatic heterocycles. The molecular weight excluding hydrogens is 395 g/mol. The highest BCUT2D eigenvalue weighted by Gasteiger charge is 2.38. The summed E-state index contributed by atoms with van der Waals surface area (Å²) in [6.45, 7) is 7.87. The van der Waals surface area contributed by atoms with Crippen molar-refractivity contribution in [3.63, 3.8) is 0 Å². The van der Waals surface area contributed by atoms with Crippen molar-refractivity contribution >= 4 is 17.6 Å². The van der Waals surface area contributed by atoms with Crippen LogP contribution in [0.5, 0.6) is 0 Å². The fourth-order valence-electron chi connectivity index (χ4n) is 3.35. The van der Waals surface area contributed by atoms with Crippen LogP contribution in [-0.4, -0.2) is 11.9 Å². The van der Waals surface area contributed by atoms with E-state index in [1.165, 1.54) is 12.1 Å². The molecule has 1 fully saturated rings. The van der Waals surface area contributed by atoms with Gasteiger partial charge < -0.3 is 16.0 Å². The molecule has 1 saturated heterocycles. The maximum atomic E-state index is 13.0. The van der Waals surface area contributed by atoms with Gasteiger partial charge in [-0.25, -0.2) is 4.79 Å². The molecule has 1 heterocycles. The second kappa shape index (κ2) is 8.22. The summed E-state index contributed by atoms with van der Waals surface area (Å²) < 4.78 is 38.9. The predicted molar refractivity (Wildman–Crippen MR) is 108 cm³/mol. The first-order chi connectivity index (χ1) is 14.1. The maximum absolute atomic E-state index is 13.0. The van der Waals surface area contributed by atoms with Crippen LogP contribution in [0.4, 0.5) is 23.7 Å². The van der Waals surface area contributed by atoms with Gasteiger partial charge in [-0.05, 0) is 35.2 Å². The lowest BCUT2D eigenvalue weighted by Gasteiger charge is -2.34. The molecule has 0 radical (unpaired) electrons. The quantitative estimate of drug-likeness (QED) is 0.659. The van der Waals surface area contributed by atoms with Crippen molar-refractivity contribution in [3.05, 3.63) is 77.5 Å². The molecule has 30 heavy (non-hydrogen) atoms. The van der Waals surface area contributed by atoms with Gasteiger partial charge in [0.1, 0.15) is 5.92 Å². The van der Waals surface area contributed by atoms with E-state index in [9.17, 15) is 22.8 Å². The van der Waals surface area contributed by atoms with Gasteiger partial charge in [-0.15, -0.1) is 0 Å². The Morgan fingerprint density at radius 1 is 1.13 bits per heavy atom. The summed E-state index contributed by atoms with van der Waals surface area (Å²) in [6, 6.07) is 10.6. The Kier molecular flexibility index (Phi) is 5.87. The third kappa shape index (κ3) is 4.64. The van der Waals surface area contributed by atoms with Crippen LogP contribution in [0.3, 0.4) is 0 Å². The fraction of sp³-hybridized carbons (Fsp3) is 0.273. The number of benzene rings is 2. The van der Waals surface area contributed by atoms with Gasteiger partial charge in [0.05, 0.1) is 11.6 Å². The van der Waals surface area contributed by atoms with Gasteiger partial charge in [-0.1, -0.05) is 50.8 Å². The lowest BCUT2D eigenvalue weighted by molar-refractivity contribution is -0.137. The monoisotopic (exact) mass is 417 g/mol. The summed E-state index contributed by atoms with van der Waals surface area (Å²) in [5, 5.41) is 7.70. The van der Waals surface area contributed by atoms with Crippen LogP contribution in [0.15, 0.2) is 60.8 Å². The van der Waals surface area contributed by atoms with Gasteiger partial charge in [0.15, 0.2) is 0 Å². The second-order valence-corrected chi connectivity index (χ2v) is 7.47. The highest BCUT2D eigenvalue weighted by molar-refractivity contribution is 5.97. The van der Waals surface area contributed by atoms with E-state index in [0.717, 1.165) is 17.7 Å². The van der Waals surface area contributed by atoms with Crippen molar-refractivity contribution in [1.82, 2.24) is 10.6 Å². The number of rotatable bonds is 4. The summed E-state index contributed by atoms with van der Waals surface area (Å²) in [7, 11) is 0. The number of carbonyl (C=O) groups is 2. The Bertz CT molecular complexity index is 968. The molecule has 0 aromatic heterocycles. The van der Waals surface area contributed by atoms with E-state index in [-0.39, 0.29) is 11.4 Å². The molecule has 5 nitrogen and oxygen atoms in total. The molecule has 0 bridgehead atoms. The summed E-state index contributed by atoms with van der Waals surface area (Å²) >= 11 is 0. The lowest BCUT2D eigenvalue weighted by atomic mass is 9.87. The van der Waals surface area contributed by atoms with Gasteiger partial charge in [-0.3, -0.25) is 4.79 Å². The van der Waals surface area contributed by atoms with Gasteiger partial charge in [-0.2, -0.15) is 13.2 Å². The molecule has 3 amide bonds. The highest BCUT2D eigenvalue weighted by atomic mass is 19.4. The van der Waals surface area contributed by atoms with Gasteiger partial charge >= 0.3 is 12.2 Å². The van der Waals surface area contributed by atoms with E-state index in [2.05, 4.69) is 36.4 Å². The number of anilines is 1. The largest absolute Gasteiger partial charge is 0.416 e. The predicted octanol–water partition coefficient (Wildman–Crippen LogP) is 4.95. The molecule has 2 atom stereocenters. The number of urea groups is 1. The van der Waals surface area contributed by atoms with E-state index in [1.807, 2.05) is 24.3 Å². The van der Waals surface area contributed by atoms with Crippen molar-refractivity contribution in [1.29, 1.82) is 0 Å². The molecule has 0 unspecified atom stereocenters. The minimum absolute atomic E-state index is 0.00781. The van der Waals surface area contributed by atoms with Crippen LogP contribution in [0.2, 0.25) is 0 Å². The number of alkyl halides is 3. The molecule has 1 aliphatic rings. The summed E-state index contributed by atoms with van der Waals surface area (Å²) in [5.74, 6) is -1.18. The standard InChI is InChI=1S/C22H22F3N3O2/c1-12(2)14-7-9-15(10-8-14)19-18(13(3)26-21(30)28-19)20(29)27-17-6-4-5-16(11-17)22(23,24)25/h4-12,18-19H,3H2,1-2H3,(H,27,29)(H2,26,28,30)/t18-,19-/m0/s1. The molecule has 158 valence electrons. The zero-order valence-corrected chi connectivity index (χ0v) is 16.5. The van der Waals surface area contributed by atoms with E-state index in [4.69, 9.17) is 0 Å². The van der Waals surface area contributed by atoms with Crippen LogP contribution in [0.25, 0.3) is 0 Å². The van der Waals surface area contributed by atoms with E-state index in [0.29, 0.717) is 11.5 Å². The number of nitrogens with one attached hydrogen (secondary N) is 3. The minimum Gasteiger partial charge on any atom is -0.330 e. The van der Waals surface area contributed by atoms with E-state index < -0.39 is 35.6 Å². The Hall–Kier alpha value is -3.29. The number of amides is 3. The zero-order valence-electron chi connectivity index (χ0n) is 16.5. The zero-order chi connectivity index (χ0) is 22.1. The molecule has 0 aliphatic carbocycles. The summed E-state index contributed by atoms with van der Waals surface area (Å²) in [5.41, 5.74) is 1.10. The smallest absolute Gasteiger partial charge is 0.330 e. The minimum atomic E-state index is -4.52. The molecule has 2 aromatic carbocycles. The van der Waals surface area contributed by atoms with Crippen LogP contribution in [0.1, 0.15) is 42.5 Å². The summed E-state index contributed by atoms with van der Waals surface area (Å²) in [6.07, 6.45) is -4.52. The fourth-order valence-corrected chi connectivity index (χ4v) is 3.35. The molecule has 8 heteroatoms. The van der Waals surface area contributed by atoms with Gasteiger partial charge in [0.2, 0.25) is 5.91 Å². The van der Waals surface area contributed by atoms with Crippen LogP contribution in [0, 0.1) is 5.92 Å². The number of hydrogen-bond donors (Lipinski definition) is 3. The summed E-state index contributed by atoms with van der Waals surface area (Å²) in [4.78, 5) is 24.9. The Morgan fingerprint density at radius 2 is 1.80 bits per heavy atom. The van der Waals surface area contributed by atoms with Crippen LogP contribution < -0.4 is 16.0 Å². The van der Waals surface area contributed by atoms with E-state index in [1.54, 1.807) is 0 Å². The molecule has 0 saturated carbocycles. The molecule has 2 aromatic rings. The van der Waals surface area contributed by atoms with E-state index >= 15 is 0 Å². The average Bonchev–Trinajstić information content (AvgIpc) is 2.67. The van der Waals surface area contributed by atoms with Crippen molar-refractivity contribution < 1.29 is 22.8 Å². The first-order valence-electron chi connectivity index (χ1n) is 9.40. The molecule has 3 N–H and O–H groups in total. The molecular formula is C22H22F3N3O2. The molecule has 3 rings (SSSR count). The Balaban J connectivity index is 1.88. The van der Waals surface area contributed by atoms with Gasteiger partial charge in [0, 0.05) is 11.4 Å². The number of halogens is 3. The number of hydrogen-bond acceptors (Lipinski definition) is 2. The normalized spacial score (nSPS) is 19.3. The topological polar surface area (TPSA) is 70.2 Å². The van der Waals surface area contributed by atoms with Crippen molar-refractivity contribution in [3.8, 4) is 0 Å². The van der Waals surface area contributed by atoms with Crippen LogP contribution >= 0.6 is 0 Å².